The predicted octanol–water partition coefficient (Wildman–Crippen LogP) is 3.50. The lowest BCUT2D eigenvalue weighted by Gasteiger charge is -2.10. The van der Waals surface area contributed by atoms with Gasteiger partial charge in [-0.15, -0.1) is 0 Å². The number of benzene rings is 1. The van der Waals surface area contributed by atoms with Gasteiger partial charge in [0.1, 0.15) is 0 Å². The zero-order valence-electron chi connectivity index (χ0n) is 13.0. The van der Waals surface area contributed by atoms with Crippen LogP contribution in [0.1, 0.15) is 27.2 Å². The molecule has 118 valence electrons. The molecule has 21 heavy (non-hydrogen) atoms. The normalized spacial score (nSPS) is 10.7. The number of anilines is 2. The summed E-state index contributed by atoms with van der Waals surface area (Å²) in [4.78, 5) is 10.5. The third-order valence-corrected chi connectivity index (χ3v) is 2.92. The fraction of sp³-hybridized carbons (Fsp3) is 0.600. The number of nitro benzene ring substituents is 1. The summed E-state index contributed by atoms with van der Waals surface area (Å²) in [5.74, 6) is 0.636. The van der Waals surface area contributed by atoms with E-state index in [0.717, 1.165) is 30.9 Å². The highest BCUT2D eigenvalue weighted by Crippen LogP contribution is 2.24. The Kier molecular flexibility index (Phi) is 7.53. The first-order chi connectivity index (χ1) is 10.0. The number of hydrogen-bond donors (Lipinski definition) is 2. The second kappa shape index (κ2) is 9.18. The summed E-state index contributed by atoms with van der Waals surface area (Å²) in [6.07, 6.45) is 1.04. The highest BCUT2D eigenvalue weighted by Gasteiger charge is 2.09. The van der Waals surface area contributed by atoms with E-state index in [0.29, 0.717) is 19.1 Å². The molecule has 0 atom stereocenters. The first kappa shape index (κ1) is 17.2. The fourth-order valence-corrected chi connectivity index (χ4v) is 1.81. The molecule has 0 aliphatic heterocycles. The Labute approximate surface area is 126 Å². The molecule has 0 saturated carbocycles. The summed E-state index contributed by atoms with van der Waals surface area (Å²) in [5.41, 5.74) is 1.55. The monoisotopic (exact) mass is 295 g/mol. The molecule has 0 aromatic heterocycles. The highest BCUT2D eigenvalue weighted by atomic mass is 16.6. The molecular weight excluding hydrogens is 270 g/mol. The Morgan fingerprint density at radius 2 is 1.86 bits per heavy atom. The second-order valence-corrected chi connectivity index (χ2v) is 5.28. The molecule has 2 N–H and O–H groups in total. The van der Waals surface area contributed by atoms with Gasteiger partial charge in [0, 0.05) is 43.2 Å². The quantitative estimate of drug-likeness (QED) is 0.392. The minimum absolute atomic E-state index is 0.0803. The van der Waals surface area contributed by atoms with Gasteiger partial charge in [0.2, 0.25) is 0 Å². The standard InChI is InChI=1S/C15H25N3O3/c1-4-16-13-9-14(11-15(10-13)18(19)20)17-6-8-21-7-5-12(2)3/h9-12,16-17H,4-8H2,1-3H3. The molecule has 0 aliphatic carbocycles. The van der Waals surface area contributed by atoms with E-state index in [1.807, 2.05) is 13.0 Å². The van der Waals surface area contributed by atoms with Crippen LogP contribution in [-0.2, 0) is 4.74 Å². The Balaban J connectivity index is 2.48. The number of nitrogens with one attached hydrogen (secondary N) is 2. The summed E-state index contributed by atoms with van der Waals surface area (Å²) >= 11 is 0. The SMILES string of the molecule is CCNc1cc(NCCOCCC(C)C)cc([N+](=O)[O-])c1. The Morgan fingerprint density at radius 3 is 2.43 bits per heavy atom. The van der Waals surface area contributed by atoms with E-state index in [4.69, 9.17) is 4.74 Å². The van der Waals surface area contributed by atoms with Gasteiger partial charge in [-0.05, 0) is 25.3 Å². The summed E-state index contributed by atoms with van der Waals surface area (Å²) < 4.78 is 5.51. The molecule has 1 aromatic rings. The summed E-state index contributed by atoms with van der Waals surface area (Å²) in [6.45, 7) is 8.96. The van der Waals surface area contributed by atoms with Crippen LogP contribution >= 0.6 is 0 Å². The number of nitrogens with zero attached hydrogens (tertiary/aromatic N) is 1. The molecule has 1 rings (SSSR count). The molecule has 6 heteroatoms. The van der Waals surface area contributed by atoms with Gasteiger partial charge in [-0.2, -0.15) is 0 Å². The van der Waals surface area contributed by atoms with Gasteiger partial charge in [0.25, 0.3) is 5.69 Å². The van der Waals surface area contributed by atoms with Crippen LogP contribution in [0.3, 0.4) is 0 Å². The molecule has 0 aliphatic rings. The van der Waals surface area contributed by atoms with Gasteiger partial charge in [-0.3, -0.25) is 10.1 Å². The van der Waals surface area contributed by atoms with Crippen molar-refractivity contribution in [1.29, 1.82) is 0 Å². The largest absolute Gasteiger partial charge is 0.385 e. The molecule has 1 aromatic carbocycles. The predicted molar refractivity (Wildman–Crippen MR) is 86.0 cm³/mol. The van der Waals surface area contributed by atoms with Crippen molar-refractivity contribution >= 4 is 17.1 Å². The van der Waals surface area contributed by atoms with Gasteiger partial charge < -0.3 is 15.4 Å². The van der Waals surface area contributed by atoms with Crippen LogP contribution in [0.25, 0.3) is 0 Å². The Hall–Kier alpha value is -1.82. The second-order valence-electron chi connectivity index (χ2n) is 5.28. The molecule has 0 bridgehead atoms. The van der Waals surface area contributed by atoms with Crippen molar-refractivity contribution in [3.05, 3.63) is 28.3 Å². The van der Waals surface area contributed by atoms with Gasteiger partial charge in [0.05, 0.1) is 11.5 Å². The van der Waals surface area contributed by atoms with Crippen molar-refractivity contribution in [3.63, 3.8) is 0 Å². The molecule has 0 radical (unpaired) electrons. The topological polar surface area (TPSA) is 76.4 Å². The Bertz CT molecular complexity index is 450. The van der Waals surface area contributed by atoms with E-state index in [1.54, 1.807) is 0 Å². The maximum atomic E-state index is 10.9. The van der Waals surface area contributed by atoms with Crippen molar-refractivity contribution in [1.82, 2.24) is 0 Å². The summed E-state index contributed by atoms with van der Waals surface area (Å²) in [5, 5.41) is 17.2. The van der Waals surface area contributed by atoms with Gasteiger partial charge in [0.15, 0.2) is 0 Å². The van der Waals surface area contributed by atoms with Gasteiger partial charge in [-0.25, -0.2) is 0 Å². The average molecular weight is 295 g/mol. The van der Waals surface area contributed by atoms with Crippen LogP contribution in [0.5, 0.6) is 0 Å². The zero-order chi connectivity index (χ0) is 15.7. The lowest BCUT2D eigenvalue weighted by molar-refractivity contribution is -0.384. The van der Waals surface area contributed by atoms with Crippen LogP contribution in [0.15, 0.2) is 18.2 Å². The van der Waals surface area contributed by atoms with Crippen LogP contribution < -0.4 is 10.6 Å². The van der Waals surface area contributed by atoms with Crippen LogP contribution in [0.4, 0.5) is 17.1 Å². The zero-order valence-corrected chi connectivity index (χ0v) is 13.0. The fourth-order valence-electron chi connectivity index (χ4n) is 1.81. The van der Waals surface area contributed by atoms with Crippen molar-refractivity contribution < 1.29 is 9.66 Å². The van der Waals surface area contributed by atoms with E-state index in [9.17, 15) is 10.1 Å². The number of hydrogen-bond acceptors (Lipinski definition) is 5. The van der Waals surface area contributed by atoms with E-state index in [1.165, 1.54) is 12.1 Å². The maximum absolute atomic E-state index is 10.9. The third kappa shape index (κ3) is 6.94. The number of nitro groups is 1. The average Bonchev–Trinajstić information content (AvgIpc) is 2.42. The van der Waals surface area contributed by atoms with Crippen molar-refractivity contribution in [3.8, 4) is 0 Å². The number of ether oxygens (including phenoxy) is 1. The van der Waals surface area contributed by atoms with Crippen molar-refractivity contribution in [2.75, 3.05) is 36.9 Å². The molecule has 0 amide bonds. The molecular formula is C15H25N3O3. The van der Waals surface area contributed by atoms with Crippen LogP contribution in [0.2, 0.25) is 0 Å². The summed E-state index contributed by atoms with van der Waals surface area (Å²) in [7, 11) is 0. The van der Waals surface area contributed by atoms with Crippen molar-refractivity contribution in [2.24, 2.45) is 5.92 Å². The Morgan fingerprint density at radius 1 is 1.19 bits per heavy atom. The molecule has 6 nitrogen and oxygen atoms in total. The van der Waals surface area contributed by atoms with Crippen LogP contribution in [0, 0.1) is 16.0 Å². The van der Waals surface area contributed by atoms with E-state index < -0.39 is 0 Å². The summed E-state index contributed by atoms with van der Waals surface area (Å²) in [6, 6.07) is 4.94. The molecule has 0 spiro atoms. The third-order valence-electron chi connectivity index (χ3n) is 2.92. The van der Waals surface area contributed by atoms with E-state index >= 15 is 0 Å². The maximum Gasteiger partial charge on any atom is 0.273 e. The first-order valence-electron chi connectivity index (χ1n) is 7.38. The van der Waals surface area contributed by atoms with Gasteiger partial charge in [-0.1, -0.05) is 13.8 Å². The van der Waals surface area contributed by atoms with Crippen molar-refractivity contribution in [2.45, 2.75) is 27.2 Å². The molecule has 0 fully saturated rings. The van der Waals surface area contributed by atoms with Crippen LogP contribution in [-0.4, -0.2) is 31.2 Å². The number of rotatable bonds is 10. The molecule has 0 saturated heterocycles. The molecule has 0 heterocycles. The highest BCUT2D eigenvalue weighted by molar-refractivity contribution is 5.63. The number of non-ortho nitro benzene ring substituents is 1. The lowest BCUT2D eigenvalue weighted by atomic mass is 10.1. The first-order valence-corrected chi connectivity index (χ1v) is 7.38. The lowest BCUT2D eigenvalue weighted by Crippen LogP contribution is -2.11. The smallest absolute Gasteiger partial charge is 0.273 e. The van der Waals surface area contributed by atoms with Gasteiger partial charge >= 0.3 is 0 Å². The van der Waals surface area contributed by atoms with E-state index in [2.05, 4.69) is 24.5 Å². The minimum atomic E-state index is -0.384. The minimum Gasteiger partial charge on any atom is -0.385 e. The van der Waals surface area contributed by atoms with E-state index in [-0.39, 0.29) is 10.6 Å². The molecule has 0 unspecified atom stereocenters.